The van der Waals surface area contributed by atoms with Crippen LogP contribution in [-0.4, -0.2) is 4.57 Å². The first kappa shape index (κ1) is 1.63. The first-order valence-electron chi connectivity index (χ1n) is 5.31. The molecule has 0 amide bonds. The molecule has 0 aliphatic heterocycles. The van der Waals surface area contributed by atoms with Crippen LogP contribution >= 0.6 is 0 Å². The van der Waals surface area contributed by atoms with Crippen molar-refractivity contribution >= 4 is 0 Å². The predicted molar refractivity (Wildman–Crippen MR) is 34.9 cm³/mol. The molecule has 0 spiro atoms. The Labute approximate surface area is 58.4 Å². The van der Waals surface area contributed by atoms with Crippen molar-refractivity contribution in [3.05, 3.63) is 23.5 Å². The van der Waals surface area contributed by atoms with E-state index in [0.717, 1.165) is 0 Å². The van der Waals surface area contributed by atoms with E-state index in [1.54, 1.807) is 0 Å². The fourth-order valence-electron chi connectivity index (χ4n) is 0.511. The van der Waals surface area contributed by atoms with Crippen molar-refractivity contribution in [1.29, 1.82) is 0 Å². The van der Waals surface area contributed by atoms with Crippen LogP contribution < -0.4 is 0 Å². The Balaban J connectivity index is 3.23. The van der Waals surface area contributed by atoms with Crippen LogP contribution in [0.25, 0.3) is 0 Å². The molecule has 0 aliphatic rings. The van der Waals surface area contributed by atoms with Gasteiger partial charge in [0.25, 0.3) is 0 Å². The summed E-state index contributed by atoms with van der Waals surface area (Å²) in [6.45, 7) is -4.53. The summed E-state index contributed by atoms with van der Waals surface area (Å²) in [5.41, 5.74) is 0.0900. The molecule has 1 heteroatoms. The minimum Gasteiger partial charge on any atom is -0.352 e. The Kier molecular flexibility index (Phi) is 0.337. The number of rotatable bonds is 0. The van der Waals surface area contributed by atoms with Crippen molar-refractivity contribution in [1.82, 2.24) is 4.57 Å². The molecule has 0 atom stereocenters. The highest BCUT2D eigenvalue weighted by Crippen LogP contribution is 2.02. The maximum atomic E-state index is 7.16. The molecular weight excluding hydrogens is 98.1 g/mol. The van der Waals surface area contributed by atoms with E-state index in [1.165, 1.54) is 23.7 Å². The van der Waals surface area contributed by atoms with Crippen molar-refractivity contribution in [2.24, 2.45) is 7.05 Å². The van der Waals surface area contributed by atoms with Gasteiger partial charge in [0.2, 0.25) is 0 Å². The topological polar surface area (TPSA) is 4.93 Å². The van der Waals surface area contributed by atoms with E-state index in [2.05, 4.69) is 0 Å². The molecule has 0 aromatic carbocycles. The molecule has 1 aromatic heterocycles. The lowest BCUT2D eigenvalue weighted by molar-refractivity contribution is 0.844. The smallest absolute Gasteiger partial charge is 0.0295 e. The summed E-state index contributed by atoms with van der Waals surface area (Å²) >= 11 is 0. The molecule has 1 heterocycles. The molecule has 0 radical (unpaired) electrons. The Bertz CT molecular complexity index is 299. The molecule has 0 aliphatic carbocycles. The zero-order valence-corrected chi connectivity index (χ0v) is 4.60. The maximum Gasteiger partial charge on any atom is 0.0295 e. The summed E-state index contributed by atoms with van der Waals surface area (Å²) in [4.78, 5) is 0. The third kappa shape index (κ3) is 0.641. The van der Waals surface area contributed by atoms with Crippen LogP contribution in [0.3, 0.4) is 0 Å². The van der Waals surface area contributed by atoms with Crippen LogP contribution in [0.4, 0.5) is 0 Å². The van der Waals surface area contributed by atoms with Gasteiger partial charge in [-0.25, -0.2) is 0 Å². The van der Waals surface area contributed by atoms with E-state index in [0.29, 0.717) is 0 Å². The molecule has 0 saturated heterocycles. The van der Waals surface area contributed by atoms with Gasteiger partial charge in [0.05, 0.1) is 0 Å². The standard InChI is InChI=1S/C7H11N/c1-6-4-5-7(2)8(6)3/h4-5H,1-3H3/i1D3,2D3. The second kappa shape index (κ2) is 1.66. The number of nitrogens with zero attached hydrogens (tertiary/aromatic N) is 1. The summed E-state index contributed by atoms with van der Waals surface area (Å²) < 4.78 is 44.2. The average molecular weight is 115 g/mol. The van der Waals surface area contributed by atoms with E-state index in [-0.39, 0.29) is 11.4 Å². The van der Waals surface area contributed by atoms with Crippen LogP contribution in [0.15, 0.2) is 12.1 Å². The number of hydrogen-bond donors (Lipinski definition) is 0. The molecule has 0 saturated carbocycles. The molecule has 0 unspecified atom stereocenters. The van der Waals surface area contributed by atoms with Gasteiger partial charge >= 0.3 is 0 Å². The van der Waals surface area contributed by atoms with E-state index >= 15 is 0 Å². The predicted octanol–water partition coefficient (Wildman–Crippen LogP) is 1.64. The van der Waals surface area contributed by atoms with Gasteiger partial charge in [-0.2, -0.15) is 0 Å². The lowest BCUT2D eigenvalue weighted by Crippen LogP contribution is -1.91. The average Bonchev–Trinajstić information content (AvgIpc) is 2.26. The first-order valence-corrected chi connectivity index (χ1v) is 2.31. The van der Waals surface area contributed by atoms with Gasteiger partial charge in [0.1, 0.15) is 0 Å². The summed E-state index contributed by atoms with van der Waals surface area (Å²) in [5, 5.41) is 0. The molecule has 1 rings (SSSR count). The molecule has 1 aromatic rings. The normalized spacial score (nSPS) is 24.1. The number of aryl methyl sites for hydroxylation is 2. The molecule has 0 fully saturated rings. The van der Waals surface area contributed by atoms with Crippen LogP contribution in [0.2, 0.25) is 0 Å². The SMILES string of the molecule is [2H]C([2H])([2H])c1ccc(C([2H])([2H])[2H])n1C. The summed E-state index contributed by atoms with van der Waals surface area (Å²) in [5.74, 6) is 0. The van der Waals surface area contributed by atoms with Gasteiger partial charge in [-0.15, -0.1) is 0 Å². The van der Waals surface area contributed by atoms with Crippen LogP contribution in [0, 0.1) is 13.7 Å². The highest BCUT2D eigenvalue weighted by atomic mass is 14.9. The van der Waals surface area contributed by atoms with Gasteiger partial charge in [-0.3, -0.25) is 0 Å². The van der Waals surface area contributed by atoms with E-state index in [1.807, 2.05) is 0 Å². The lowest BCUT2D eigenvalue weighted by atomic mass is 10.5. The highest BCUT2D eigenvalue weighted by molar-refractivity contribution is 5.12. The van der Waals surface area contributed by atoms with Gasteiger partial charge < -0.3 is 4.57 Å². The van der Waals surface area contributed by atoms with Gasteiger partial charge in [-0.1, -0.05) is 0 Å². The van der Waals surface area contributed by atoms with Crippen molar-refractivity contribution < 1.29 is 8.22 Å². The lowest BCUT2D eigenvalue weighted by Gasteiger charge is -1.96. The summed E-state index contributed by atoms with van der Waals surface area (Å²) in [6, 6.07) is 2.66. The van der Waals surface area contributed by atoms with Crippen molar-refractivity contribution in [3.63, 3.8) is 0 Å². The molecular formula is C7H11N. The Morgan fingerprint density at radius 1 is 1.38 bits per heavy atom. The Hall–Kier alpha value is -0.720. The second-order valence-corrected chi connectivity index (χ2v) is 1.66. The van der Waals surface area contributed by atoms with Crippen molar-refractivity contribution in [2.45, 2.75) is 13.7 Å². The van der Waals surface area contributed by atoms with Crippen LogP contribution in [0.1, 0.15) is 19.6 Å². The molecule has 8 heavy (non-hydrogen) atoms. The van der Waals surface area contributed by atoms with Gasteiger partial charge in [-0.05, 0) is 25.8 Å². The van der Waals surface area contributed by atoms with Crippen LogP contribution in [-0.2, 0) is 7.05 Å². The fourth-order valence-corrected chi connectivity index (χ4v) is 0.511. The van der Waals surface area contributed by atoms with Crippen molar-refractivity contribution in [3.8, 4) is 0 Å². The third-order valence-corrected chi connectivity index (χ3v) is 1.12. The second-order valence-electron chi connectivity index (χ2n) is 1.66. The minimum atomic E-state index is -2.27. The fraction of sp³-hybridized carbons (Fsp3) is 0.429. The largest absolute Gasteiger partial charge is 0.352 e. The number of hydrogen-bond acceptors (Lipinski definition) is 0. The Morgan fingerprint density at radius 2 is 1.88 bits per heavy atom. The third-order valence-electron chi connectivity index (χ3n) is 1.12. The minimum absolute atomic E-state index is 0.0450. The highest BCUT2D eigenvalue weighted by Gasteiger charge is 1.90. The van der Waals surface area contributed by atoms with E-state index in [4.69, 9.17) is 8.22 Å². The molecule has 0 N–H and O–H groups in total. The van der Waals surface area contributed by atoms with E-state index in [9.17, 15) is 0 Å². The summed E-state index contributed by atoms with van der Waals surface area (Å²) in [6.07, 6.45) is 0. The molecule has 44 valence electrons. The number of aromatic nitrogens is 1. The van der Waals surface area contributed by atoms with Gasteiger partial charge in [0, 0.05) is 26.7 Å². The molecule has 0 bridgehead atoms. The zero-order valence-electron chi connectivity index (χ0n) is 10.6. The quantitative estimate of drug-likeness (QED) is 0.484. The Morgan fingerprint density at radius 3 is 2.12 bits per heavy atom. The first-order chi connectivity index (χ1) is 6.14. The van der Waals surface area contributed by atoms with Crippen molar-refractivity contribution in [2.75, 3.05) is 0 Å². The maximum absolute atomic E-state index is 7.16. The zero-order chi connectivity index (χ0) is 11.1. The van der Waals surface area contributed by atoms with Gasteiger partial charge in [0.15, 0.2) is 0 Å². The molecule has 1 nitrogen and oxygen atoms in total. The summed E-state index contributed by atoms with van der Waals surface area (Å²) in [7, 11) is 1.45. The monoisotopic (exact) mass is 115 g/mol. The van der Waals surface area contributed by atoms with Crippen LogP contribution in [0.5, 0.6) is 0 Å². The van der Waals surface area contributed by atoms with E-state index < -0.39 is 13.7 Å².